The monoisotopic (exact) mass is 392 g/mol. The molecule has 0 fully saturated rings. The maximum atomic E-state index is 4.75. The number of hydrogen-bond acceptors (Lipinski definition) is 4. The van der Waals surface area contributed by atoms with Gasteiger partial charge >= 0.3 is 0 Å². The third-order valence-electron chi connectivity index (χ3n) is 3.62. The van der Waals surface area contributed by atoms with Crippen molar-refractivity contribution in [1.29, 1.82) is 0 Å². The third kappa shape index (κ3) is 3.41. The van der Waals surface area contributed by atoms with Crippen LogP contribution in [0, 0.1) is 0 Å². The summed E-state index contributed by atoms with van der Waals surface area (Å²) < 4.78 is 4.43. The van der Waals surface area contributed by atoms with Crippen molar-refractivity contribution in [3.8, 4) is 16.9 Å². The smallest absolute Gasteiger partial charge is 0.141 e. The molecule has 0 saturated heterocycles. The highest BCUT2D eigenvalue weighted by Crippen LogP contribution is 2.24. The minimum Gasteiger partial charge on any atom is -0.240 e. The molecule has 0 spiro atoms. The number of benzene rings is 2. The van der Waals surface area contributed by atoms with Crippen molar-refractivity contribution in [1.82, 2.24) is 24.7 Å². The molecule has 2 heterocycles. The molecule has 0 aliphatic heterocycles. The quantitative estimate of drug-likeness (QED) is 0.496. The summed E-state index contributed by atoms with van der Waals surface area (Å²) >= 11 is 3.47. The summed E-state index contributed by atoms with van der Waals surface area (Å²) in [5, 5.41) is 16.6. The van der Waals surface area contributed by atoms with Gasteiger partial charge in [-0.2, -0.15) is 10.2 Å². The zero-order valence-corrected chi connectivity index (χ0v) is 14.7. The van der Waals surface area contributed by atoms with Gasteiger partial charge in [0.05, 0.1) is 11.9 Å². The molecule has 4 rings (SSSR count). The summed E-state index contributed by atoms with van der Waals surface area (Å²) in [5.74, 6) is 0. The van der Waals surface area contributed by atoms with Crippen LogP contribution in [0.25, 0.3) is 16.9 Å². The molecule has 0 bridgehead atoms. The molecule has 4 aromatic rings. The fourth-order valence-electron chi connectivity index (χ4n) is 2.41. The Kier molecular flexibility index (Phi) is 4.22. The van der Waals surface area contributed by atoms with E-state index < -0.39 is 0 Å². The van der Waals surface area contributed by atoms with Gasteiger partial charge in [-0.3, -0.25) is 0 Å². The van der Waals surface area contributed by atoms with Crippen LogP contribution in [0.3, 0.4) is 0 Å². The van der Waals surface area contributed by atoms with Crippen LogP contribution in [-0.2, 0) is 0 Å². The molecule has 122 valence electrons. The van der Waals surface area contributed by atoms with Crippen molar-refractivity contribution in [2.75, 3.05) is 0 Å². The molecule has 0 aliphatic rings. The largest absolute Gasteiger partial charge is 0.240 e. The summed E-state index contributed by atoms with van der Waals surface area (Å²) in [6.07, 6.45) is 6.79. The molecule has 6 nitrogen and oxygen atoms in total. The first-order valence-corrected chi connectivity index (χ1v) is 8.39. The summed E-state index contributed by atoms with van der Waals surface area (Å²) in [7, 11) is 0. The van der Waals surface area contributed by atoms with E-state index in [1.54, 1.807) is 10.9 Å². The van der Waals surface area contributed by atoms with Crippen molar-refractivity contribution in [2.24, 2.45) is 5.10 Å². The Morgan fingerprint density at radius 1 is 0.920 bits per heavy atom. The molecule has 0 N–H and O–H groups in total. The topological polar surface area (TPSA) is 60.9 Å². The van der Waals surface area contributed by atoms with E-state index in [9.17, 15) is 0 Å². The van der Waals surface area contributed by atoms with E-state index in [-0.39, 0.29) is 0 Å². The highest BCUT2D eigenvalue weighted by atomic mass is 79.9. The van der Waals surface area contributed by atoms with E-state index in [0.29, 0.717) is 0 Å². The molecule has 0 amide bonds. The van der Waals surface area contributed by atoms with Gasteiger partial charge in [0.1, 0.15) is 18.3 Å². The van der Waals surface area contributed by atoms with E-state index in [1.807, 2.05) is 65.5 Å². The molecule has 7 heteroatoms. The van der Waals surface area contributed by atoms with Gasteiger partial charge in [-0.05, 0) is 24.3 Å². The highest BCUT2D eigenvalue weighted by molar-refractivity contribution is 9.10. The lowest BCUT2D eigenvalue weighted by atomic mass is 10.1. The van der Waals surface area contributed by atoms with E-state index in [0.717, 1.165) is 27.0 Å². The van der Waals surface area contributed by atoms with Gasteiger partial charge in [0.25, 0.3) is 0 Å². The second kappa shape index (κ2) is 6.82. The Hall–Kier alpha value is -3.06. The number of para-hydroxylation sites is 1. The van der Waals surface area contributed by atoms with Crippen molar-refractivity contribution in [3.63, 3.8) is 0 Å². The van der Waals surface area contributed by atoms with Crippen LogP contribution >= 0.6 is 15.9 Å². The predicted octanol–water partition coefficient (Wildman–Crippen LogP) is 3.78. The molecule has 2 aromatic carbocycles. The van der Waals surface area contributed by atoms with Gasteiger partial charge in [0.2, 0.25) is 0 Å². The number of nitrogens with zero attached hydrogens (tertiary/aromatic N) is 6. The molecular formula is C18H13BrN6. The van der Waals surface area contributed by atoms with Crippen LogP contribution in [0.4, 0.5) is 0 Å². The zero-order chi connectivity index (χ0) is 17.1. The molecule has 0 aliphatic carbocycles. The van der Waals surface area contributed by atoms with Crippen molar-refractivity contribution in [2.45, 2.75) is 0 Å². The molecule has 0 radical (unpaired) electrons. The van der Waals surface area contributed by atoms with E-state index in [2.05, 4.69) is 31.2 Å². The molecule has 0 atom stereocenters. The van der Waals surface area contributed by atoms with Gasteiger partial charge in [-0.1, -0.05) is 46.3 Å². The number of halogens is 1. The zero-order valence-electron chi connectivity index (χ0n) is 13.1. The summed E-state index contributed by atoms with van der Waals surface area (Å²) in [6, 6.07) is 18.0. The van der Waals surface area contributed by atoms with Crippen LogP contribution < -0.4 is 0 Å². The van der Waals surface area contributed by atoms with Crippen LogP contribution in [0.2, 0.25) is 0 Å². The van der Waals surface area contributed by atoms with Crippen LogP contribution in [0.5, 0.6) is 0 Å². The maximum absolute atomic E-state index is 4.75. The number of rotatable bonds is 4. The van der Waals surface area contributed by atoms with Crippen molar-refractivity contribution >= 4 is 22.1 Å². The molecule has 25 heavy (non-hydrogen) atoms. The first-order valence-electron chi connectivity index (χ1n) is 7.59. The fraction of sp³-hybridized carbons (Fsp3) is 0. The average Bonchev–Trinajstić information content (AvgIpc) is 3.31. The minimum absolute atomic E-state index is 0.855. The van der Waals surface area contributed by atoms with Gasteiger partial charge in [0.15, 0.2) is 0 Å². The Labute approximate surface area is 152 Å². The molecule has 0 unspecified atom stereocenters. The lowest BCUT2D eigenvalue weighted by Crippen LogP contribution is -1.93. The average molecular weight is 393 g/mol. The van der Waals surface area contributed by atoms with Gasteiger partial charge in [-0.25, -0.2) is 9.36 Å². The van der Waals surface area contributed by atoms with Crippen molar-refractivity contribution < 1.29 is 0 Å². The number of aromatic nitrogens is 5. The summed E-state index contributed by atoms with van der Waals surface area (Å²) in [4.78, 5) is 0. The third-order valence-corrected chi connectivity index (χ3v) is 4.15. The Balaban J connectivity index is 1.79. The van der Waals surface area contributed by atoms with Crippen molar-refractivity contribution in [3.05, 3.63) is 83.5 Å². The maximum Gasteiger partial charge on any atom is 0.141 e. The molecular weight excluding hydrogens is 380 g/mol. The fourth-order valence-corrected chi connectivity index (χ4v) is 2.67. The highest BCUT2D eigenvalue weighted by Gasteiger charge is 2.11. The first kappa shape index (κ1) is 15.5. The summed E-state index contributed by atoms with van der Waals surface area (Å²) in [5.41, 5.74) is 3.76. The second-order valence-electron chi connectivity index (χ2n) is 5.31. The lowest BCUT2D eigenvalue weighted by Gasteiger charge is -2.00. The van der Waals surface area contributed by atoms with Gasteiger partial charge in [0, 0.05) is 21.8 Å². The van der Waals surface area contributed by atoms with Gasteiger partial charge in [-0.15, -0.1) is 10.2 Å². The number of hydrogen-bond donors (Lipinski definition) is 0. The molecule has 2 aromatic heterocycles. The minimum atomic E-state index is 0.855. The van der Waals surface area contributed by atoms with Crippen LogP contribution in [-0.4, -0.2) is 30.9 Å². The standard InChI is InChI=1S/C18H13BrN6/c19-16-8-6-14(7-9-16)18-15(10-22-24-12-20-21-13-24)11-25(23-18)17-4-2-1-3-5-17/h1-13H/b22-10-. The Morgan fingerprint density at radius 3 is 2.36 bits per heavy atom. The Bertz CT molecular complexity index is 988. The van der Waals surface area contributed by atoms with E-state index >= 15 is 0 Å². The first-order chi connectivity index (χ1) is 12.3. The van der Waals surface area contributed by atoms with Gasteiger partial charge < -0.3 is 0 Å². The second-order valence-corrected chi connectivity index (χ2v) is 6.22. The van der Waals surface area contributed by atoms with Crippen LogP contribution in [0.15, 0.2) is 83.0 Å². The van der Waals surface area contributed by atoms with E-state index in [4.69, 9.17) is 5.10 Å². The van der Waals surface area contributed by atoms with Crippen LogP contribution in [0.1, 0.15) is 5.56 Å². The summed E-state index contributed by atoms with van der Waals surface area (Å²) in [6.45, 7) is 0. The van der Waals surface area contributed by atoms with E-state index in [1.165, 1.54) is 12.7 Å². The predicted molar refractivity (Wildman–Crippen MR) is 99.7 cm³/mol. The Morgan fingerprint density at radius 2 is 1.64 bits per heavy atom. The SMILES string of the molecule is Brc1ccc(-c2nn(-c3ccccc3)cc2/C=N\n2cnnc2)cc1. The lowest BCUT2D eigenvalue weighted by molar-refractivity contribution is 0.877. The normalized spacial score (nSPS) is 11.2. The molecule has 0 saturated carbocycles.